The number of anilines is 1. The fourth-order valence-electron chi connectivity index (χ4n) is 2.12. The summed E-state index contributed by atoms with van der Waals surface area (Å²) >= 11 is 0. The molecule has 1 saturated heterocycles. The molecule has 5 nitrogen and oxygen atoms in total. The van der Waals surface area contributed by atoms with Gasteiger partial charge in [-0.2, -0.15) is 5.10 Å². The summed E-state index contributed by atoms with van der Waals surface area (Å²) in [6.45, 7) is 2.76. The second kappa shape index (κ2) is 5.93. The minimum atomic E-state index is 0.405. The molecule has 0 radical (unpaired) electrons. The van der Waals surface area contributed by atoms with Gasteiger partial charge in [0.05, 0.1) is 11.8 Å². The molecule has 1 aromatic heterocycles. The molecule has 1 aromatic rings. The van der Waals surface area contributed by atoms with Gasteiger partial charge in [-0.25, -0.2) is 0 Å². The second-order valence-electron chi connectivity index (χ2n) is 4.34. The van der Waals surface area contributed by atoms with Crippen molar-refractivity contribution in [2.45, 2.75) is 25.5 Å². The highest BCUT2D eigenvalue weighted by atomic mass is 16.5. The fourth-order valence-corrected chi connectivity index (χ4v) is 2.12. The number of nitrogens with one attached hydrogen (secondary N) is 1. The number of piperidine rings is 1. The SMILES string of the molecule is CNCc1ccc(N2CCC(OC)CC2)nn1. The lowest BCUT2D eigenvalue weighted by Gasteiger charge is -2.31. The van der Waals surface area contributed by atoms with Gasteiger partial charge in [-0.15, -0.1) is 5.10 Å². The van der Waals surface area contributed by atoms with Crippen LogP contribution in [0.25, 0.3) is 0 Å². The molecule has 1 aliphatic heterocycles. The molecule has 0 spiro atoms. The molecule has 0 unspecified atom stereocenters. The molecule has 2 heterocycles. The predicted octanol–water partition coefficient (Wildman–Crippen LogP) is 0.811. The first kappa shape index (κ1) is 12.3. The predicted molar refractivity (Wildman–Crippen MR) is 67.0 cm³/mol. The Morgan fingerprint density at radius 1 is 1.35 bits per heavy atom. The number of hydrogen-bond donors (Lipinski definition) is 1. The molecule has 2 rings (SSSR count). The van der Waals surface area contributed by atoms with Gasteiger partial charge < -0.3 is 15.0 Å². The lowest BCUT2D eigenvalue weighted by molar-refractivity contribution is 0.0817. The van der Waals surface area contributed by atoms with Gasteiger partial charge >= 0.3 is 0 Å². The average Bonchev–Trinajstić information content (AvgIpc) is 2.40. The van der Waals surface area contributed by atoms with Crippen molar-refractivity contribution in [3.05, 3.63) is 17.8 Å². The van der Waals surface area contributed by atoms with Crippen LogP contribution in [0.4, 0.5) is 5.82 Å². The van der Waals surface area contributed by atoms with E-state index in [4.69, 9.17) is 4.74 Å². The highest BCUT2D eigenvalue weighted by Gasteiger charge is 2.19. The zero-order chi connectivity index (χ0) is 12.1. The molecule has 1 aliphatic rings. The van der Waals surface area contributed by atoms with E-state index < -0.39 is 0 Å². The summed E-state index contributed by atoms with van der Waals surface area (Å²) in [6.07, 6.45) is 2.54. The van der Waals surface area contributed by atoms with Crippen LogP contribution in [0.5, 0.6) is 0 Å². The van der Waals surface area contributed by atoms with Crippen molar-refractivity contribution in [2.75, 3.05) is 32.1 Å². The van der Waals surface area contributed by atoms with Crippen molar-refractivity contribution in [1.29, 1.82) is 0 Å². The molecule has 1 N–H and O–H groups in total. The lowest BCUT2D eigenvalue weighted by Crippen LogP contribution is -2.37. The van der Waals surface area contributed by atoms with Gasteiger partial charge in [0.25, 0.3) is 0 Å². The Hall–Kier alpha value is -1.20. The van der Waals surface area contributed by atoms with E-state index in [2.05, 4.69) is 20.4 Å². The van der Waals surface area contributed by atoms with Crippen molar-refractivity contribution in [3.63, 3.8) is 0 Å². The number of methoxy groups -OCH3 is 1. The van der Waals surface area contributed by atoms with Gasteiger partial charge in [0, 0.05) is 26.7 Å². The maximum Gasteiger partial charge on any atom is 0.151 e. The van der Waals surface area contributed by atoms with Crippen LogP contribution in [0.1, 0.15) is 18.5 Å². The minimum Gasteiger partial charge on any atom is -0.381 e. The van der Waals surface area contributed by atoms with Crippen LogP contribution in [0, 0.1) is 0 Å². The Labute approximate surface area is 102 Å². The van der Waals surface area contributed by atoms with Gasteiger partial charge in [0.1, 0.15) is 0 Å². The molecule has 5 heteroatoms. The maximum absolute atomic E-state index is 5.36. The van der Waals surface area contributed by atoms with Crippen LogP contribution in [0.15, 0.2) is 12.1 Å². The minimum absolute atomic E-state index is 0.405. The zero-order valence-corrected chi connectivity index (χ0v) is 10.5. The molecular formula is C12H20N4O. The van der Waals surface area contributed by atoms with Crippen LogP contribution < -0.4 is 10.2 Å². The van der Waals surface area contributed by atoms with Gasteiger partial charge in [-0.3, -0.25) is 0 Å². The first-order chi connectivity index (χ1) is 8.33. The highest BCUT2D eigenvalue weighted by molar-refractivity contribution is 5.37. The summed E-state index contributed by atoms with van der Waals surface area (Å²) in [5, 5.41) is 11.5. The van der Waals surface area contributed by atoms with E-state index in [9.17, 15) is 0 Å². The molecule has 1 fully saturated rings. The van der Waals surface area contributed by atoms with Crippen LogP contribution >= 0.6 is 0 Å². The third kappa shape index (κ3) is 3.14. The molecule has 17 heavy (non-hydrogen) atoms. The fraction of sp³-hybridized carbons (Fsp3) is 0.667. The first-order valence-corrected chi connectivity index (χ1v) is 6.08. The number of rotatable bonds is 4. The first-order valence-electron chi connectivity index (χ1n) is 6.08. The third-order valence-electron chi connectivity index (χ3n) is 3.16. The van der Waals surface area contributed by atoms with Gasteiger partial charge in [0.15, 0.2) is 5.82 Å². The Morgan fingerprint density at radius 2 is 2.12 bits per heavy atom. The molecule has 0 atom stereocenters. The Balaban J connectivity index is 1.94. The second-order valence-corrected chi connectivity index (χ2v) is 4.34. The van der Waals surface area contributed by atoms with Crippen LogP contribution in [-0.4, -0.2) is 43.5 Å². The number of aromatic nitrogens is 2. The third-order valence-corrected chi connectivity index (χ3v) is 3.16. The van der Waals surface area contributed by atoms with Crippen molar-refractivity contribution in [1.82, 2.24) is 15.5 Å². The Kier molecular flexibility index (Phi) is 4.28. The molecule has 0 amide bonds. The van der Waals surface area contributed by atoms with E-state index in [0.29, 0.717) is 6.10 Å². The van der Waals surface area contributed by atoms with Crippen molar-refractivity contribution >= 4 is 5.82 Å². The Bertz CT molecular complexity index is 333. The average molecular weight is 236 g/mol. The van der Waals surface area contributed by atoms with Gasteiger partial charge in [0.2, 0.25) is 0 Å². The molecular weight excluding hydrogens is 216 g/mol. The Morgan fingerprint density at radius 3 is 2.65 bits per heavy atom. The van der Waals surface area contributed by atoms with Gasteiger partial charge in [-0.1, -0.05) is 0 Å². The summed E-state index contributed by atoms with van der Waals surface area (Å²) in [7, 11) is 3.69. The quantitative estimate of drug-likeness (QED) is 0.838. The standard InChI is InChI=1S/C12H20N4O/c1-13-9-10-3-4-12(15-14-10)16-7-5-11(17-2)6-8-16/h3-4,11,13H,5-9H2,1-2H3. The van der Waals surface area contributed by atoms with E-state index in [0.717, 1.165) is 44.0 Å². The molecule has 0 saturated carbocycles. The summed E-state index contributed by atoms with van der Waals surface area (Å²) in [6, 6.07) is 4.08. The largest absolute Gasteiger partial charge is 0.381 e. The van der Waals surface area contributed by atoms with Gasteiger partial charge in [-0.05, 0) is 32.0 Å². The molecule has 94 valence electrons. The summed E-state index contributed by atoms with van der Waals surface area (Å²) in [4.78, 5) is 2.27. The monoisotopic (exact) mass is 236 g/mol. The maximum atomic E-state index is 5.36. The van der Waals surface area contributed by atoms with Crippen LogP contribution in [-0.2, 0) is 11.3 Å². The summed E-state index contributed by atoms with van der Waals surface area (Å²) in [5.74, 6) is 0.972. The number of hydrogen-bond acceptors (Lipinski definition) is 5. The highest BCUT2D eigenvalue weighted by Crippen LogP contribution is 2.18. The van der Waals surface area contributed by atoms with E-state index in [1.807, 2.05) is 19.2 Å². The van der Waals surface area contributed by atoms with Crippen LogP contribution in [0.2, 0.25) is 0 Å². The number of nitrogens with zero attached hydrogens (tertiary/aromatic N) is 3. The van der Waals surface area contributed by atoms with Crippen molar-refractivity contribution < 1.29 is 4.74 Å². The van der Waals surface area contributed by atoms with Crippen LogP contribution in [0.3, 0.4) is 0 Å². The van der Waals surface area contributed by atoms with Crippen molar-refractivity contribution in [3.8, 4) is 0 Å². The van der Waals surface area contributed by atoms with E-state index >= 15 is 0 Å². The molecule has 0 aromatic carbocycles. The zero-order valence-electron chi connectivity index (χ0n) is 10.5. The topological polar surface area (TPSA) is 50.3 Å². The molecule has 0 aliphatic carbocycles. The van der Waals surface area contributed by atoms with E-state index in [1.165, 1.54) is 0 Å². The summed E-state index contributed by atoms with van der Waals surface area (Å²) < 4.78 is 5.36. The van der Waals surface area contributed by atoms with Crippen molar-refractivity contribution in [2.24, 2.45) is 0 Å². The summed E-state index contributed by atoms with van der Waals surface area (Å²) in [5.41, 5.74) is 0.975. The smallest absolute Gasteiger partial charge is 0.151 e. The normalized spacial score (nSPS) is 17.4. The number of ether oxygens (including phenoxy) is 1. The van der Waals surface area contributed by atoms with E-state index in [1.54, 1.807) is 7.11 Å². The van der Waals surface area contributed by atoms with E-state index in [-0.39, 0.29) is 0 Å². The molecule has 0 bridgehead atoms. The lowest BCUT2D eigenvalue weighted by atomic mass is 10.1.